The van der Waals surface area contributed by atoms with E-state index in [9.17, 15) is 4.79 Å². The van der Waals surface area contributed by atoms with Crippen molar-refractivity contribution in [2.24, 2.45) is 23.7 Å². The lowest BCUT2D eigenvalue weighted by Gasteiger charge is -2.39. The largest absolute Gasteiger partial charge is 0.339 e. The minimum absolute atomic E-state index is 0.299. The highest BCUT2D eigenvalue weighted by atomic mass is 79.9. The van der Waals surface area contributed by atoms with Crippen LogP contribution in [0.2, 0.25) is 0 Å². The number of halogens is 1. The van der Waals surface area contributed by atoms with Crippen LogP contribution < -0.4 is 10.9 Å². The van der Waals surface area contributed by atoms with E-state index in [2.05, 4.69) is 50.6 Å². The number of amides is 1. The first-order chi connectivity index (χ1) is 12.5. The maximum absolute atomic E-state index is 13.1. The second-order valence-corrected chi connectivity index (χ2v) is 10.4. The Morgan fingerprint density at radius 3 is 2.77 bits per heavy atom. The zero-order chi connectivity index (χ0) is 18.3. The molecule has 2 saturated heterocycles. The summed E-state index contributed by atoms with van der Waals surface area (Å²) in [7, 11) is 2.18. The van der Waals surface area contributed by atoms with Crippen molar-refractivity contribution >= 4 is 21.8 Å². The fourth-order valence-corrected chi connectivity index (χ4v) is 6.77. The molecule has 2 aliphatic heterocycles. The van der Waals surface area contributed by atoms with Crippen LogP contribution in [0.3, 0.4) is 0 Å². The Labute approximate surface area is 166 Å². The van der Waals surface area contributed by atoms with Crippen LogP contribution in [0.15, 0.2) is 0 Å². The highest BCUT2D eigenvalue weighted by Crippen LogP contribution is 2.44. The van der Waals surface area contributed by atoms with Gasteiger partial charge < -0.3 is 4.90 Å². The standard InChI is InChI=1S/C20H35BrN4O/c1-13(9-19-23-22-12-24(19)2)14-5-3-6-15(10-14)25-11-17-16(20(25)26)7-4-8-18(17)21/h13-19,22-23H,3-12H2,1-2H3/t13-,14?,15?,16?,17?,18?,19?/m1/s1. The summed E-state index contributed by atoms with van der Waals surface area (Å²) in [6.45, 7) is 4.34. The maximum Gasteiger partial charge on any atom is 0.226 e. The lowest BCUT2D eigenvalue weighted by Crippen LogP contribution is -2.43. The summed E-state index contributed by atoms with van der Waals surface area (Å²) >= 11 is 3.87. The summed E-state index contributed by atoms with van der Waals surface area (Å²) in [6, 6.07) is 0.487. The van der Waals surface area contributed by atoms with Gasteiger partial charge in [0.15, 0.2) is 0 Å². The third-order valence-corrected chi connectivity index (χ3v) is 8.78. The molecular formula is C20H35BrN4O. The van der Waals surface area contributed by atoms with E-state index in [0.717, 1.165) is 25.6 Å². The Morgan fingerprint density at radius 2 is 2.04 bits per heavy atom. The number of rotatable bonds is 4. The fourth-order valence-electron chi connectivity index (χ4n) is 5.91. The summed E-state index contributed by atoms with van der Waals surface area (Å²) in [4.78, 5) is 18.3. The molecule has 2 N–H and O–H groups in total. The molecule has 7 atom stereocenters. The topological polar surface area (TPSA) is 47.6 Å². The van der Waals surface area contributed by atoms with E-state index < -0.39 is 0 Å². The van der Waals surface area contributed by atoms with Crippen molar-refractivity contribution in [1.82, 2.24) is 20.7 Å². The second-order valence-electron chi connectivity index (χ2n) is 9.25. The zero-order valence-electron chi connectivity index (χ0n) is 16.3. The van der Waals surface area contributed by atoms with Crippen molar-refractivity contribution in [3.05, 3.63) is 0 Å². The van der Waals surface area contributed by atoms with Gasteiger partial charge in [-0.1, -0.05) is 42.1 Å². The Morgan fingerprint density at radius 1 is 1.23 bits per heavy atom. The monoisotopic (exact) mass is 426 g/mol. The first kappa shape index (κ1) is 19.2. The minimum atomic E-state index is 0.299. The Hall–Kier alpha value is -0.170. The third-order valence-electron chi connectivity index (χ3n) is 7.64. The van der Waals surface area contributed by atoms with Crippen LogP contribution in [0, 0.1) is 23.7 Å². The molecule has 5 nitrogen and oxygen atoms in total. The van der Waals surface area contributed by atoms with E-state index in [1.54, 1.807) is 0 Å². The van der Waals surface area contributed by atoms with Crippen LogP contribution >= 0.6 is 15.9 Å². The number of likely N-dealkylation sites (tertiary alicyclic amines) is 1. The van der Waals surface area contributed by atoms with Crippen LogP contribution in [0.1, 0.15) is 58.3 Å². The van der Waals surface area contributed by atoms with Gasteiger partial charge in [-0.15, -0.1) is 0 Å². The number of carbonyl (C=O) groups is 1. The van der Waals surface area contributed by atoms with Gasteiger partial charge in [-0.2, -0.15) is 0 Å². The van der Waals surface area contributed by atoms with Gasteiger partial charge in [0.1, 0.15) is 0 Å². The lowest BCUT2D eigenvalue weighted by atomic mass is 9.76. The quantitative estimate of drug-likeness (QED) is 0.678. The van der Waals surface area contributed by atoms with Crippen molar-refractivity contribution in [3.8, 4) is 0 Å². The van der Waals surface area contributed by atoms with E-state index in [-0.39, 0.29) is 0 Å². The van der Waals surface area contributed by atoms with Crippen LogP contribution in [-0.4, -0.2) is 53.0 Å². The Bertz CT molecular complexity index is 518. The van der Waals surface area contributed by atoms with E-state index in [0.29, 0.717) is 40.7 Å². The SMILES string of the molecule is C[C@H](CC1NNCN1C)C1CCCC(N2CC3C(Br)CCCC3C2=O)C1. The second kappa shape index (κ2) is 8.06. The molecule has 2 saturated carbocycles. The van der Waals surface area contributed by atoms with Crippen molar-refractivity contribution in [3.63, 3.8) is 0 Å². The zero-order valence-corrected chi connectivity index (χ0v) is 17.9. The molecule has 4 rings (SSSR count). The van der Waals surface area contributed by atoms with E-state index in [1.165, 1.54) is 44.9 Å². The van der Waals surface area contributed by atoms with Gasteiger partial charge in [0.25, 0.3) is 0 Å². The molecule has 2 heterocycles. The van der Waals surface area contributed by atoms with E-state index in [1.807, 2.05) is 0 Å². The Balaban J connectivity index is 1.36. The molecule has 0 radical (unpaired) electrons. The van der Waals surface area contributed by atoms with Crippen LogP contribution in [0.5, 0.6) is 0 Å². The number of hydrazine groups is 1. The minimum Gasteiger partial charge on any atom is -0.339 e. The first-order valence-corrected chi connectivity index (χ1v) is 11.6. The van der Waals surface area contributed by atoms with Crippen molar-refractivity contribution < 1.29 is 4.79 Å². The predicted octanol–water partition coefficient (Wildman–Crippen LogP) is 2.92. The molecule has 0 aromatic rings. The number of hydrogen-bond acceptors (Lipinski definition) is 4. The number of nitrogens with zero attached hydrogens (tertiary/aromatic N) is 2. The van der Waals surface area contributed by atoms with Crippen LogP contribution in [0.4, 0.5) is 0 Å². The van der Waals surface area contributed by atoms with Gasteiger partial charge in [-0.3, -0.25) is 9.69 Å². The summed E-state index contributed by atoms with van der Waals surface area (Å²) in [5.74, 6) is 2.77. The van der Waals surface area contributed by atoms with Gasteiger partial charge in [0.2, 0.25) is 5.91 Å². The molecule has 4 fully saturated rings. The van der Waals surface area contributed by atoms with Crippen LogP contribution in [-0.2, 0) is 4.79 Å². The summed E-state index contributed by atoms with van der Waals surface area (Å²) in [6.07, 6.45) is 10.2. The molecule has 6 unspecified atom stereocenters. The van der Waals surface area contributed by atoms with Crippen LogP contribution in [0.25, 0.3) is 0 Å². The number of carbonyl (C=O) groups excluding carboxylic acids is 1. The van der Waals surface area contributed by atoms with Gasteiger partial charge in [0, 0.05) is 29.2 Å². The molecule has 0 aromatic carbocycles. The number of nitrogens with one attached hydrogen (secondary N) is 2. The van der Waals surface area contributed by atoms with Crippen molar-refractivity contribution in [2.45, 2.75) is 75.3 Å². The molecule has 4 aliphatic rings. The molecule has 0 spiro atoms. The average molecular weight is 427 g/mol. The number of alkyl halides is 1. The summed E-state index contributed by atoms with van der Waals surface area (Å²) in [5.41, 5.74) is 6.64. The van der Waals surface area contributed by atoms with E-state index >= 15 is 0 Å². The normalized spacial score (nSPS) is 42.9. The van der Waals surface area contributed by atoms with Gasteiger partial charge in [-0.05, 0) is 51.0 Å². The lowest BCUT2D eigenvalue weighted by molar-refractivity contribution is -0.134. The average Bonchev–Trinajstić information content (AvgIpc) is 3.20. The predicted molar refractivity (Wildman–Crippen MR) is 107 cm³/mol. The van der Waals surface area contributed by atoms with Gasteiger partial charge in [0.05, 0.1) is 12.8 Å². The highest BCUT2D eigenvalue weighted by molar-refractivity contribution is 9.09. The number of hydrogen-bond donors (Lipinski definition) is 2. The number of fused-ring (bicyclic) bond motifs is 1. The molecule has 0 aromatic heterocycles. The van der Waals surface area contributed by atoms with Crippen molar-refractivity contribution in [2.75, 3.05) is 20.3 Å². The molecule has 6 heteroatoms. The molecule has 2 aliphatic carbocycles. The smallest absolute Gasteiger partial charge is 0.226 e. The van der Waals surface area contributed by atoms with E-state index in [4.69, 9.17) is 0 Å². The van der Waals surface area contributed by atoms with Gasteiger partial charge >= 0.3 is 0 Å². The maximum atomic E-state index is 13.1. The summed E-state index contributed by atoms with van der Waals surface area (Å²) in [5, 5.41) is 0. The molecular weight excluding hydrogens is 392 g/mol. The first-order valence-electron chi connectivity index (χ1n) is 10.7. The van der Waals surface area contributed by atoms with Crippen molar-refractivity contribution in [1.29, 1.82) is 0 Å². The molecule has 26 heavy (non-hydrogen) atoms. The Kier molecular flexibility index (Phi) is 5.94. The molecule has 148 valence electrons. The molecule has 0 bridgehead atoms. The van der Waals surface area contributed by atoms with Gasteiger partial charge in [-0.25, -0.2) is 10.9 Å². The third kappa shape index (κ3) is 3.71. The highest BCUT2D eigenvalue weighted by Gasteiger charge is 2.47. The summed E-state index contributed by atoms with van der Waals surface area (Å²) < 4.78 is 0. The molecule has 1 amide bonds. The fraction of sp³-hybridized carbons (Fsp3) is 0.950.